The molecule has 0 amide bonds. The number of sulfonamides is 1. The summed E-state index contributed by atoms with van der Waals surface area (Å²) in [6.07, 6.45) is 0. The van der Waals surface area contributed by atoms with Crippen molar-refractivity contribution in [2.75, 3.05) is 0 Å². The highest BCUT2D eigenvalue weighted by atomic mass is 79.9. The van der Waals surface area contributed by atoms with Gasteiger partial charge in [0.25, 0.3) is 10.0 Å². The lowest BCUT2D eigenvalue weighted by Crippen LogP contribution is -2.33. The van der Waals surface area contributed by atoms with E-state index in [2.05, 4.69) is 20.1 Å². The summed E-state index contributed by atoms with van der Waals surface area (Å²) in [7, 11) is -6.96. The van der Waals surface area contributed by atoms with Gasteiger partial charge < -0.3 is 0 Å². The predicted octanol–water partition coefficient (Wildman–Crippen LogP) is 3.51. The minimum absolute atomic E-state index is 0.0918. The second kappa shape index (κ2) is 6.76. The van der Waals surface area contributed by atoms with Crippen LogP contribution in [0.3, 0.4) is 0 Å². The van der Waals surface area contributed by atoms with E-state index in [-0.39, 0.29) is 4.90 Å². The largest absolute Gasteiger partial charge is 0.251 e. The molecule has 0 spiro atoms. The molecule has 1 unspecified atom stereocenters. The number of aryl methyl sites for hydroxylation is 1. The molecule has 0 aromatic heterocycles. The van der Waals surface area contributed by atoms with Crippen molar-refractivity contribution < 1.29 is 12.6 Å². The summed E-state index contributed by atoms with van der Waals surface area (Å²) < 4.78 is 41.7. The lowest BCUT2D eigenvalue weighted by Gasteiger charge is -2.16. The van der Waals surface area contributed by atoms with Crippen LogP contribution in [0.1, 0.15) is 19.4 Å². The van der Waals surface area contributed by atoms with Gasteiger partial charge in [-0.25, -0.2) is 12.6 Å². The Balaban J connectivity index is 2.53. The van der Waals surface area contributed by atoms with Crippen molar-refractivity contribution in [1.82, 2.24) is 4.13 Å². The van der Waals surface area contributed by atoms with E-state index in [9.17, 15) is 12.6 Å². The molecule has 0 heterocycles. The van der Waals surface area contributed by atoms with Gasteiger partial charge in [0.1, 0.15) is 0 Å². The highest BCUT2D eigenvalue weighted by Gasteiger charge is 2.23. The molecule has 2 rings (SSSR count). The van der Waals surface area contributed by atoms with Crippen LogP contribution in [-0.4, -0.2) is 17.5 Å². The first-order chi connectivity index (χ1) is 10.6. The van der Waals surface area contributed by atoms with E-state index in [1.807, 2.05) is 6.92 Å². The summed E-state index contributed by atoms with van der Waals surface area (Å²) in [5.74, 6) is 0. The summed E-state index contributed by atoms with van der Waals surface area (Å²) >= 11 is 3.32. The van der Waals surface area contributed by atoms with Crippen LogP contribution >= 0.6 is 15.9 Å². The van der Waals surface area contributed by atoms with Crippen molar-refractivity contribution in [3.63, 3.8) is 0 Å². The van der Waals surface area contributed by atoms with Gasteiger partial charge in [0, 0.05) is 9.37 Å². The number of benzene rings is 2. The molecule has 7 heteroatoms. The molecule has 0 bridgehead atoms. The Morgan fingerprint density at radius 1 is 0.870 bits per heavy atom. The third-order valence-corrected chi connectivity index (χ3v) is 8.60. The molecule has 4 nitrogen and oxygen atoms in total. The van der Waals surface area contributed by atoms with Crippen molar-refractivity contribution >= 4 is 40.5 Å². The fraction of sp³-hybridized carbons (Fsp3) is 0.188. The Bertz CT molecular complexity index is 920. The second-order valence-corrected chi connectivity index (χ2v) is 10.8. The molecule has 23 heavy (non-hydrogen) atoms. The molecular formula is C16H18BrNO3S2. The molecular weight excluding hydrogens is 398 g/mol. The van der Waals surface area contributed by atoms with Gasteiger partial charge in [-0.3, -0.25) is 0 Å². The van der Waals surface area contributed by atoms with Crippen molar-refractivity contribution in [1.29, 1.82) is 0 Å². The topological polar surface area (TPSA) is 63.2 Å². The summed E-state index contributed by atoms with van der Waals surface area (Å²) in [6.45, 7) is 5.18. The quantitative estimate of drug-likeness (QED) is 0.776. The van der Waals surface area contributed by atoms with Gasteiger partial charge in [0.15, 0.2) is 0 Å². The monoisotopic (exact) mass is 415 g/mol. The zero-order valence-electron chi connectivity index (χ0n) is 13.0. The van der Waals surface area contributed by atoms with E-state index < -0.39 is 19.7 Å². The molecule has 2 aromatic carbocycles. The second-order valence-electron chi connectivity index (χ2n) is 5.32. The van der Waals surface area contributed by atoms with Crippen molar-refractivity contribution in [2.24, 2.45) is 0 Å². The zero-order chi connectivity index (χ0) is 17.3. The zero-order valence-corrected chi connectivity index (χ0v) is 16.3. The smallest absolute Gasteiger partial charge is 0.246 e. The SMILES string of the molecule is CC(C)=S(=O)(NS(=O)(=O)c1ccc(C)cc1)c1ccc(Br)cc1. The van der Waals surface area contributed by atoms with Crippen LogP contribution in [0.2, 0.25) is 0 Å². The minimum atomic E-state index is -3.90. The van der Waals surface area contributed by atoms with Crippen molar-refractivity contribution in [3.8, 4) is 0 Å². The van der Waals surface area contributed by atoms with E-state index in [4.69, 9.17) is 0 Å². The maximum absolute atomic E-state index is 13.3. The fourth-order valence-electron chi connectivity index (χ4n) is 1.91. The van der Waals surface area contributed by atoms with Crippen LogP contribution in [-0.2, 0) is 19.7 Å². The molecule has 124 valence electrons. The van der Waals surface area contributed by atoms with Crippen LogP contribution in [0.5, 0.6) is 0 Å². The van der Waals surface area contributed by atoms with Crippen LogP contribution in [0.4, 0.5) is 0 Å². The van der Waals surface area contributed by atoms with Gasteiger partial charge in [-0.05, 0) is 62.0 Å². The molecule has 0 radical (unpaired) electrons. The molecule has 0 saturated heterocycles. The first kappa shape index (κ1) is 18.2. The van der Waals surface area contributed by atoms with Crippen LogP contribution < -0.4 is 4.13 Å². The van der Waals surface area contributed by atoms with Crippen LogP contribution in [0, 0.1) is 6.92 Å². The summed E-state index contributed by atoms with van der Waals surface area (Å²) in [5.41, 5.74) is 0.954. The number of hydrogen-bond acceptors (Lipinski definition) is 3. The predicted molar refractivity (Wildman–Crippen MR) is 98.4 cm³/mol. The first-order valence-electron chi connectivity index (χ1n) is 6.85. The Kier molecular flexibility index (Phi) is 5.35. The Morgan fingerprint density at radius 3 is 1.83 bits per heavy atom. The highest BCUT2D eigenvalue weighted by molar-refractivity contribution is 9.10. The molecule has 0 fully saturated rings. The summed E-state index contributed by atoms with van der Waals surface area (Å²) in [6, 6.07) is 13.2. The van der Waals surface area contributed by atoms with E-state index in [1.165, 1.54) is 12.1 Å². The average Bonchev–Trinajstić information content (AvgIpc) is 2.47. The molecule has 0 saturated carbocycles. The van der Waals surface area contributed by atoms with Gasteiger partial charge in [-0.1, -0.05) is 33.6 Å². The van der Waals surface area contributed by atoms with Gasteiger partial charge in [0.05, 0.1) is 14.6 Å². The van der Waals surface area contributed by atoms with Crippen molar-refractivity contribution in [2.45, 2.75) is 30.6 Å². The van der Waals surface area contributed by atoms with E-state index >= 15 is 0 Å². The third-order valence-electron chi connectivity index (χ3n) is 3.28. The average molecular weight is 416 g/mol. The Labute approximate surface area is 146 Å². The lowest BCUT2D eigenvalue weighted by molar-refractivity contribution is 0.592. The number of halogens is 1. The highest BCUT2D eigenvalue weighted by Crippen LogP contribution is 2.19. The molecule has 0 aliphatic rings. The van der Waals surface area contributed by atoms with E-state index in [1.54, 1.807) is 50.2 Å². The maximum atomic E-state index is 13.3. The van der Waals surface area contributed by atoms with Gasteiger partial charge >= 0.3 is 0 Å². The number of rotatable bonds is 4. The van der Waals surface area contributed by atoms with Gasteiger partial charge in [-0.2, -0.15) is 0 Å². The Hall–Kier alpha value is -1.15. The standard InChI is InChI=1S/C16H18BrNO3S2/c1-12(2)22(19,15-10-6-14(17)7-11-15)18-23(20,21)16-8-4-13(3)5-9-16/h4-11H,1-3H3,(H,18,19). The molecule has 1 N–H and O–H groups in total. The van der Waals surface area contributed by atoms with Crippen molar-refractivity contribution in [3.05, 3.63) is 58.6 Å². The molecule has 0 aliphatic carbocycles. The van der Waals surface area contributed by atoms with E-state index in [0.717, 1.165) is 10.0 Å². The van der Waals surface area contributed by atoms with Crippen LogP contribution in [0.15, 0.2) is 62.8 Å². The number of hydrogen-bond donors (Lipinski definition) is 1. The molecule has 2 aromatic rings. The third kappa shape index (κ3) is 4.03. The van der Waals surface area contributed by atoms with Gasteiger partial charge in [-0.15, -0.1) is 4.13 Å². The number of nitrogens with one attached hydrogen (secondary N) is 1. The maximum Gasteiger partial charge on any atom is 0.251 e. The lowest BCUT2D eigenvalue weighted by atomic mass is 10.2. The summed E-state index contributed by atoms with van der Waals surface area (Å²) in [4.78, 5) is 1.01. The van der Waals surface area contributed by atoms with Gasteiger partial charge in [0.2, 0.25) is 0 Å². The Morgan fingerprint density at radius 2 is 1.35 bits per heavy atom. The normalized spacial score (nSPS) is 14.3. The molecule has 1 atom stereocenters. The summed E-state index contributed by atoms with van der Waals surface area (Å²) in [5, 5.41) is 0. The van der Waals surface area contributed by atoms with Crippen LogP contribution in [0.25, 0.3) is 0 Å². The first-order valence-corrected chi connectivity index (χ1v) is 10.7. The fourth-order valence-corrected chi connectivity index (χ4v) is 6.34. The van der Waals surface area contributed by atoms with E-state index in [0.29, 0.717) is 9.76 Å². The molecule has 0 aliphatic heterocycles. The minimum Gasteiger partial charge on any atom is -0.246 e.